The van der Waals surface area contributed by atoms with Gasteiger partial charge in [0.25, 0.3) is 5.91 Å². The Balaban J connectivity index is 1.92. The lowest BCUT2D eigenvalue weighted by Crippen LogP contribution is -2.36. The lowest BCUT2D eigenvalue weighted by Gasteiger charge is -2.14. The molecule has 0 saturated heterocycles. The molecule has 1 atom stereocenters. The number of hydrogen-bond donors (Lipinski definition) is 3. The number of carbonyl (C=O) groups is 1. The Hall–Kier alpha value is -2.34. The van der Waals surface area contributed by atoms with Crippen molar-refractivity contribution in [3.8, 4) is 0 Å². The van der Waals surface area contributed by atoms with Crippen molar-refractivity contribution in [2.75, 3.05) is 11.9 Å². The van der Waals surface area contributed by atoms with Crippen molar-refractivity contribution >= 4 is 11.6 Å². The molecular formula is C19H27N3O3. The fourth-order valence-electron chi connectivity index (χ4n) is 2.20. The topological polar surface area (TPSA) is 87.4 Å². The molecule has 6 heteroatoms. The monoisotopic (exact) mass is 345 g/mol. The molecule has 1 heterocycles. The van der Waals surface area contributed by atoms with E-state index in [1.165, 1.54) is 0 Å². The van der Waals surface area contributed by atoms with Crippen molar-refractivity contribution in [1.29, 1.82) is 0 Å². The smallest absolute Gasteiger partial charge is 0.251 e. The van der Waals surface area contributed by atoms with Crippen LogP contribution in [0, 0.1) is 0 Å². The van der Waals surface area contributed by atoms with E-state index < -0.39 is 0 Å². The summed E-state index contributed by atoms with van der Waals surface area (Å²) in [6, 6.07) is 6.95. The number of carbonyl (C=O) groups excluding carboxylic acids is 1. The van der Waals surface area contributed by atoms with Crippen LogP contribution < -0.4 is 10.6 Å². The molecule has 0 spiro atoms. The Morgan fingerprint density at radius 3 is 2.48 bits per heavy atom. The minimum Gasteiger partial charge on any atom is -0.443 e. The van der Waals surface area contributed by atoms with Gasteiger partial charge in [0.1, 0.15) is 5.76 Å². The van der Waals surface area contributed by atoms with Crippen LogP contribution >= 0.6 is 0 Å². The summed E-state index contributed by atoms with van der Waals surface area (Å²) in [6.45, 7) is 8.57. The molecule has 0 bridgehead atoms. The Labute approximate surface area is 148 Å². The molecule has 0 radical (unpaired) electrons. The van der Waals surface area contributed by atoms with Gasteiger partial charge in [-0.05, 0) is 30.7 Å². The van der Waals surface area contributed by atoms with Gasteiger partial charge in [0.2, 0.25) is 5.89 Å². The van der Waals surface area contributed by atoms with Crippen LogP contribution in [-0.4, -0.2) is 28.6 Å². The number of anilines is 1. The number of nitrogens with zero attached hydrogens (tertiary/aromatic N) is 1. The summed E-state index contributed by atoms with van der Waals surface area (Å²) in [7, 11) is 0. The minimum absolute atomic E-state index is 0.0609. The predicted octanol–water partition coefficient (Wildman–Crippen LogP) is 3.08. The van der Waals surface area contributed by atoms with E-state index in [4.69, 9.17) is 9.52 Å². The first kappa shape index (κ1) is 19.0. The summed E-state index contributed by atoms with van der Waals surface area (Å²) in [5.74, 6) is 1.29. The highest BCUT2D eigenvalue weighted by Crippen LogP contribution is 2.23. The zero-order chi connectivity index (χ0) is 18.4. The number of oxazole rings is 1. The van der Waals surface area contributed by atoms with Crippen LogP contribution in [0.1, 0.15) is 56.1 Å². The Morgan fingerprint density at radius 2 is 1.96 bits per heavy atom. The number of amides is 1. The second-order valence-electron chi connectivity index (χ2n) is 7.06. The van der Waals surface area contributed by atoms with Crippen LogP contribution in [0.25, 0.3) is 0 Å². The lowest BCUT2D eigenvalue weighted by atomic mass is 9.94. The van der Waals surface area contributed by atoms with Crippen molar-refractivity contribution in [3.05, 3.63) is 47.7 Å². The number of aromatic nitrogens is 1. The van der Waals surface area contributed by atoms with E-state index in [0.717, 1.165) is 11.4 Å². The van der Waals surface area contributed by atoms with Gasteiger partial charge in [0, 0.05) is 16.7 Å². The molecule has 2 aromatic rings. The van der Waals surface area contributed by atoms with E-state index >= 15 is 0 Å². The van der Waals surface area contributed by atoms with Crippen LogP contribution in [0.4, 0.5) is 5.69 Å². The molecule has 6 nitrogen and oxygen atoms in total. The van der Waals surface area contributed by atoms with Gasteiger partial charge in [-0.1, -0.05) is 27.7 Å². The van der Waals surface area contributed by atoms with Crippen LogP contribution in [0.5, 0.6) is 0 Å². The molecule has 3 N–H and O–H groups in total. The van der Waals surface area contributed by atoms with E-state index in [1.54, 1.807) is 18.3 Å². The van der Waals surface area contributed by atoms with E-state index in [-0.39, 0.29) is 24.0 Å². The number of aliphatic hydroxyl groups excluding tert-OH is 1. The van der Waals surface area contributed by atoms with Gasteiger partial charge in [-0.3, -0.25) is 4.79 Å². The molecule has 1 aromatic heterocycles. The average Bonchev–Trinajstić information content (AvgIpc) is 3.07. The predicted molar refractivity (Wildman–Crippen MR) is 97.6 cm³/mol. The number of benzene rings is 1. The molecule has 136 valence electrons. The molecule has 0 aliphatic rings. The Morgan fingerprint density at radius 1 is 1.28 bits per heavy atom. The van der Waals surface area contributed by atoms with Crippen LogP contribution in [0.15, 0.2) is 34.9 Å². The van der Waals surface area contributed by atoms with E-state index in [2.05, 4.69) is 36.4 Å². The van der Waals surface area contributed by atoms with Gasteiger partial charge in [0.05, 0.1) is 25.4 Å². The first-order valence-electron chi connectivity index (χ1n) is 8.54. The van der Waals surface area contributed by atoms with Gasteiger partial charge in [0.15, 0.2) is 0 Å². The average molecular weight is 345 g/mol. The Bertz CT molecular complexity index is 683. The largest absolute Gasteiger partial charge is 0.443 e. The Kier molecular flexibility index (Phi) is 6.20. The molecule has 25 heavy (non-hydrogen) atoms. The summed E-state index contributed by atoms with van der Waals surface area (Å²) >= 11 is 0. The van der Waals surface area contributed by atoms with Crippen LogP contribution in [-0.2, 0) is 12.0 Å². The molecule has 0 saturated carbocycles. The first-order valence-corrected chi connectivity index (χ1v) is 8.54. The van der Waals surface area contributed by atoms with Crippen molar-refractivity contribution in [3.63, 3.8) is 0 Å². The lowest BCUT2D eigenvalue weighted by molar-refractivity contribution is 0.0915. The van der Waals surface area contributed by atoms with E-state index in [9.17, 15) is 4.79 Å². The third-order valence-electron chi connectivity index (χ3n) is 3.93. The van der Waals surface area contributed by atoms with Crippen molar-refractivity contribution in [2.24, 2.45) is 0 Å². The molecular weight excluding hydrogens is 318 g/mol. The molecule has 0 aliphatic heterocycles. The van der Waals surface area contributed by atoms with Crippen molar-refractivity contribution in [1.82, 2.24) is 10.3 Å². The number of rotatable bonds is 7. The van der Waals surface area contributed by atoms with Gasteiger partial charge in [-0.2, -0.15) is 0 Å². The second-order valence-corrected chi connectivity index (χ2v) is 7.06. The maximum Gasteiger partial charge on any atom is 0.251 e. The van der Waals surface area contributed by atoms with Gasteiger partial charge in [-0.25, -0.2) is 4.98 Å². The van der Waals surface area contributed by atoms with E-state index in [1.807, 2.05) is 19.1 Å². The first-order chi connectivity index (χ1) is 11.8. The van der Waals surface area contributed by atoms with Crippen molar-refractivity contribution in [2.45, 2.75) is 52.1 Å². The quantitative estimate of drug-likeness (QED) is 0.718. The van der Waals surface area contributed by atoms with E-state index in [0.29, 0.717) is 24.4 Å². The molecule has 0 fully saturated rings. The highest BCUT2D eigenvalue weighted by atomic mass is 16.4. The molecule has 0 aliphatic carbocycles. The van der Waals surface area contributed by atoms with Crippen LogP contribution in [0.2, 0.25) is 0 Å². The van der Waals surface area contributed by atoms with Gasteiger partial charge >= 0.3 is 0 Å². The number of aliphatic hydroxyl groups is 1. The normalized spacial score (nSPS) is 12.7. The summed E-state index contributed by atoms with van der Waals surface area (Å²) in [5, 5.41) is 15.2. The standard InChI is InChI=1S/C19H27N3O3/c1-5-14(12-23)22-18(24)13-6-8-15(9-7-13)20-11-17-21-10-16(25-17)19(2,3)4/h6-10,14,20,23H,5,11-12H2,1-4H3,(H,22,24). The fraction of sp³-hybridized carbons (Fsp3) is 0.474. The molecule has 1 amide bonds. The highest BCUT2D eigenvalue weighted by Gasteiger charge is 2.19. The van der Waals surface area contributed by atoms with Crippen LogP contribution in [0.3, 0.4) is 0 Å². The fourth-order valence-corrected chi connectivity index (χ4v) is 2.20. The second kappa shape index (κ2) is 8.16. The van der Waals surface area contributed by atoms with Gasteiger partial charge < -0.3 is 20.2 Å². The molecule has 1 aromatic carbocycles. The van der Waals surface area contributed by atoms with Crippen molar-refractivity contribution < 1.29 is 14.3 Å². The maximum absolute atomic E-state index is 12.1. The maximum atomic E-state index is 12.1. The third kappa shape index (κ3) is 5.32. The molecule has 1 unspecified atom stereocenters. The SMILES string of the molecule is CCC(CO)NC(=O)c1ccc(NCc2ncc(C(C)(C)C)o2)cc1. The zero-order valence-corrected chi connectivity index (χ0v) is 15.3. The number of hydrogen-bond acceptors (Lipinski definition) is 5. The summed E-state index contributed by atoms with van der Waals surface area (Å²) in [6.07, 6.45) is 2.45. The molecule has 2 rings (SSSR count). The zero-order valence-electron chi connectivity index (χ0n) is 15.3. The highest BCUT2D eigenvalue weighted by molar-refractivity contribution is 5.94. The minimum atomic E-state index is -0.215. The summed E-state index contributed by atoms with van der Waals surface area (Å²) in [5.41, 5.74) is 1.37. The summed E-state index contributed by atoms with van der Waals surface area (Å²) < 4.78 is 5.74. The van der Waals surface area contributed by atoms with Gasteiger partial charge in [-0.15, -0.1) is 0 Å². The summed E-state index contributed by atoms with van der Waals surface area (Å²) in [4.78, 5) is 16.4. The number of nitrogens with one attached hydrogen (secondary N) is 2. The third-order valence-corrected chi connectivity index (χ3v) is 3.93.